The van der Waals surface area contributed by atoms with Crippen molar-refractivity contribution in [3.05, 3.63) is 36.2 Å². The van der Waals surface area contributed by atoms with Gasteiger partial charge in [-0.3, -0.25) is 14.8 Å². The molecule has 0 bridgehead atoms. The van der Waals surface area contributed by atoms with Crippen LogP contribution in [0.2, 0.25) is 0 Å². The van der Waals surface area contributed by atoms with Gasteiger partial charge in [0.1, 0.15) is 11.6 Å². The zero-order valence-corrected chi connectivity index (χ0v) is 11.0. The third-order valence-corrected chi connectivity index (χ3v) is 2.92. The Morgan fingerprint density at radius 2 is 2.05 bits per heavy atom. The van der Waals surface area contributed by atoms with Crippen LogP contribution in [0.1, 0.15) is 30.1 Å². The number of carbonyl (C=O) groups is 2. The van der Waals surface area contributed by atoms with Crippen LogP contribution in [0.5, 0.6) is 0 Å². The molecule has 1 aromatic carbocycles. The van der Waals surface area contributed by atoms with Gasteiger partial charge in [0, 0.05) is 12.4 Å². The first-order chi connectivity index (χ1) is 9.63. The summed E-state index contributed by atoms with van der Waals surface area (Å²) in [6, 6.07) is 4.16. The number of amides is 1. The minimum absolute atomic E-state index is 0.331. The Balaban J connectivity index is 2.29. The summed E-state index contributed by atoms with van der Waals surface area (Å²) in [7, 11) is 0. The Kier molecular flexibility index (Phi) is 4.24. The molecule has 104 valence electrons. The van der Waals surface area contributed by atoms with Gasteiger partial charge in [-0.2, -0.15) is 0 Å². The fourth-order valence-electron chi connectivity index (χ4n) is 1.96. The molecular formula is C14H15N3O3. The second-order valence-electron chi connectivity index (χ2n) is 4.38. The Morgan fingerprint density at radius 1 is 1.30 bits per heavy atom. The molecule has 2 aromatic rings. The van der Waals surface area contributed by atoms with Crippen LogP contribution in [-0.4, -0.2) is 33.0 Å². The van der Waals surface area contributed by atoms with Gasteiger partial charge in [0.05, 0.1) is 11.1 Å². The van der Waals surface area contributed by atoms with Crippen molar-refractivity contribution in [3.8, 4) is 0 Å². The molecule has 6 nitrogen and oxygen atoms in total. The zero-order valence-electron chi connectivity index (χ0n) is 11.0. The van der Waals surface area contributed by atoms with Gasteiger partial charge in [0.2, 0.25) is 0 Å². The lowest BCUT2D eigenvalue weighted by Crippen LogP contribution is -2.40. The molecule has 0 spiro atoms. The fourth-order valence-corrected chi connectivity index (χ4v) is 1.96. The predicted molar refractivity (Wildman–Crippen MR) is 73.3 cm³/mol. The summed E-state index contributed by atoms with van der Waals surface area (Å²) in [6.07, 6.45) is 4.10. The van der Waals surface area contributed by atoms with E-state index in [4.69, 9.17) is 5.11 Å². The van der Waals surface area contributed by atoms with E-state index in [0.717, 1.165) is 0 Å². The summed E-state index contributed by atoms with van der Waals surface area (Å²) in [5, 5.41) is 11.6. The number of aromatic nitrogens is 2. The van der Waals surface area contributed by atoms with Crippen LogP contribution in [-0.2, 0) is 4.79 Å². The number of hydrogen-bond acceptors (Lipinski definition) is 4. The average Bonchev–Trinajstić information content (AvgIpc) is 2.46. The first-order valence-corrected chi connectivity index (χ1v) is 6.37. The summed E-state index contributed by atoms with van der Waals surface area (Å²) in [6.45, 7) is 1.87. The molecule has 1 heterocycles. The molecule has 0 aliphatic carbocycles. The van der Waals surface area contributed by atoms with Crippen molar-refractivity contribution in [1.29, 1.82) is 0 Å². The molecular weight excluding hydrogens is 258 g/mol. The number of carbonyl (C=O) groups excluding carboxylic acids is 1. The van der Waals surface area contributed by atoms with E-state index < -0.39 is 17.9 Å². The molecule has 0 aliphatic heterocycles. The van der Waals surface area contributed by atoms with Gasteiger partial charge >= 0.3 is 5.97 Å². The van der Waals surface area contributed by atoms with E-state index in [1.807, 2.05) is 6.92 Å². The Bertz CT molecular complexity index is 637. The number of para-hydroxylation sites is 1. The van der Waals surface area contributed by atoms with Crippen LogP contribution >= 0.6 is 0 Å². The van der Waals surface area contributed by atoms with E-state index in [-0.39, 0.29) is 0 Å². The monoisotopic (exact) mass is 273 g/mol. The van der Waals surface area contributed by atoms with Crippen molar-refractivity contribution >= 4 is 22.9 Å². The number of nitrogens with one attached hydrogen (secondary N) is 1. The van der Waals surface area contributed by atoms with E-state index in [9.17, 15) is 9.59 Å². The van der Waals surface area contributed by atoms with Crippen LogP contribution < -0.4 is 5.32 Å². The number of carboxylic acid groups (broad SMARTS) is 1. The van der Waals surface area contributed by atoms with Gasteiger partial charge in [-0.05, 0) is 18.6 Å². The molecule has 0 fully saturated rings. The van der Waals surface area contributed by atoms with Gasteiger partial charge in [0.25, 0.3) is 5.91 Å². The lowest BCUT2D eigenvalue weighted by Gasteiger charge is -2.14. The molecule has 20 heavy (non-hydrogen) atoms. The summed E-state index contributed by atoms with van der Waals surface area (Å²) in [4.78, 5) is 31.5. The quantitative estimate of drug-likeness (QED) is 0.863. The molecule has 6 heteroatoms. The maximum absolute atomic E-state index is 12.2. The highest BCUT2D eigenvalue weighted by Crippen LogP contribution is 2.14. The standard InChI is InChI=1S/C14H15N3O3/c1-2-4-11(14(19)20)17-13(18)9-5-3-6-10-12(9)16-8-7-15-10/h3,5-8,11H,2,4H2,1H3,(H,17,18)(H,19,20)/t11-/m1/s1. The smallest absolute Gasteiger partial charge is 0.326 e. The number of nitrogens with zero attached hydrogens (tertiary/aromatic N) is 2. The molecule has 0 aliphatic rings. The Morgan fingerprint density at radius 3 is 2.75 bits per heavy atom. The van der Waals surface area contributed by atoms with Crippen LogP contribution in [0.25, 0.3) is 11.0 Å². The topological polar surface area (TPSA) is 92.2 Å². The number of fused-ring (bicyclic) bond motifs is 1. The van der Waals surface area contributed by atoms with Crippen LogP contribution in [0, 0.1) is 0 Å². The Labute approximate surface area is 115 Å². The number of hydrogen-bond donors (Lipinski definition) is 2. The maximum atomic E-state index is 12.2. The van der Waals surface area contributed by atoms with E-state index in [1.54, 1.807) is 24.4 Å². The van der Waals surface area contributed by atoms with E-state index in [1.165, 1.54) is 6.20 Å². The molecule has 0 saturated heterocycles. The van der Waals surface area contributed by atoms with Gasteiger partial charge in [-0.15, -0.1) is 0 Å². The van der Waals surface area contributed by atoms with Crippen molar-refractivity contribution in [2.75, 3.05) is 0 Å². The molecule has 0 saturated carbocycles. The number of aliphatic carboxylic acids is 1. The predicted octanol–water partition coefficient (Wildman–Crippen LogP) is 1.61. The van der Waals surface area contributed by atoms with Gasteiger partial charge in [-0.1, -0.05) is 19.4 Å². The minimum Gasteiger partial charge on any atom is -0.480 e. The van der Waals surface area contributed by atoms with E-state index >= 15 is 0 Å². The molecule has 1 aromatic heterocycles. The number of benzene rings is 1. The van der Waals surface area contributed by atoms with Crippen LogP contribution in [0.4, 0.5) is 0 Å². The van der Waals surface area contributed by atoms with Crippen molar-refractivity contribution in [1.82, 2.24) is 15.3 Å². The lowest BCUT2D eigenvalue weighted by atomic mass is 10.1. The third kappa shape index (κ3) is 2.90. The first-order valence-electron chi connectivity index (χ1n) is 6.37. The van der Waals surface area contributed by atoms with Gasteiger partial charge < -0.3 is 10.4 Å². The molecule has 2 N–H and O–H groups in total. The van der Waals surface area contributed by atoms with Crippen molar-refractivity contribution in [3.63, 3.8) is 0 Å². The van der Waals surface area contributed by atoms with Crippen LogP contribution in [0.15, 0.2) is 30.6 Å². The first kappa shape index (κ1) is 13.9. The van der Waals surface area contributed by atoms with Crippen molar-refractivity contribution < 1.29 is 14.7 Å². The van der Waals surface area contributed by atoms with Crippen molar-refractivity contribution in [2.24, 2.45) is 0 Å². The molecule has 2 rings (SSSR count). The van der Waals surface area contributed by atoms with E-state index in [2.05, 4.69) is 15.3 Å². The van der Waals surface area contributed by atoms with E-state index in [0.29, 0.717) is 29.4 Å². The van der Waals surface area contributed by atoms with Gasteiger partial charge in [0.15, 0.2) is 0 Å². The number of carboxylic acids is 1. The maximum Gasteiger partial charge on any atom is 0.326 e. The fraction of sp³-hybridized carbons (Fsp3) is 0.286. The Hall–Kier alpha value is -2.50. The minimum atomic E-state index is -1.04. The largest absolute Gasteiger partial charge is 0.480 e. The molecule has 0 radical (unpaired) electrons. The highest BCUT2D eigenvalue weighted by Gasteiger charge is 2.21. The summed E-state index contributed by atoms with van der Waals surface area (Å²) in [5.74, 6) is -1.48. The summed E-state index contributed by atoms with van der Waals surface area (Å²) in [5.41, 5.74) is 1.40. The molecule has 1 amide bonds. The third-order valence-electron chi connectivity index (χ3n) is 2.92. The van der Waals surface area contributed by atoms with Crippen molar-refractivity contribution in [2.45, 2.75) is 25.8 Å². The normalized spacial score (nSPS) is 12.1. The van der Waals surface area contributed by atoms with Gasteiger partial charge in [-0.25, -0.2) is 4.79 Å². The summed E-state index contributed by atoms with van der Waals surface area (Å²) < 4.78 is 0. The second kappa shape index (κ2) is 6.10. The van der Waals surface area contributed by atoms with Crippen LogP contribution in [0.3, 0.4) is 0 Å². The SMILES string of the molecule is CCC[C@@H](NC(=O)c1cccc2nccnc12)C(=O)O. The second-order valence-corrected chi connectivity index (χ2v) is 4.38. The molecule has 1 atom stereocenters. The highest BCUT2D eigenvalue weighted by molar-refractivity contribution is 6.05. The zero-order chi connectivity index (χ0) is 14.5. The lowest BCUT2D eigenvalue weighted by molar-refractivity contribution is -0.139. The summed E-state index contributed by atoms with van der Waals surface area (Å²) >= 11 is 0. The molecule has 0 unspecified atom stereocenters. The average molecular weight is 273 g/mol. The number of rotatable bonds is 5. The highest BCUT2D eigenvalue weighted by atomic mass is 16.4.